The quantitative estimate of drug-likeness (QED) is 0.153. The number of allylic oxidation sites excluding steroid dienone is 1. The fourth-order valence-electron chi connectivity index (χ4n) is 3.43. The highest BCUT2D eigenvalue weighted by Gasteiger charge is 2.89. The van der Waals surface area contributed by atoms with Crippen LogP contribution in [0.15, 0.2) is 12.2 Å². The number of methoxy groups -OCH3 is 1. The van der Waals surface area contributed by atoms with E-state index < -0.39 is 71.8 Å². The monoisotopic (exact) mass is 528 g/mol. The summed E-state index contributed by atoms with van der Waals surface area (Å²) in [5.41, 5.74) is -7.36. The van der Waals surface area contributed by atoms with Crippen molar-refractivity contribution in [2.45, 2.75) is 67.9 Å². The Labute approximate surface area is 183 Å². The molecule has 0 heterocycles. The van der Waals surface area contributed by atoms with E-state index in [1.807, 2.05) is 0 Å². The zero-order chi connectivity index (χ0) is 26.5. The lowest BCUT2D eigenvalue weighted by atomic mass is 9.81. The van der Waals surface area contributed by atoms with Crippen LogP contribution in [0.4, 0.5) is 52.7 Å². The van der Waals surface area contributed by atoms with Gasteiger partial charge in [-0.25, -0.2) is 0 Å². The van der Waals surface area contributed by atoms with Crippen molar-refractivity contribution < 1.29 is 62.2 Å². The molecule has 0 amide bonds. The molecule has 194 valence electrons. The topological polar surface area (TPSA) is 26.3 Å². The van der Waals surface area contributed by atoms with Gasteiger partial charge in [-0.05, 0) is 37.7 Å². The van der Waals surface area contributed by atoms with Crippen molar-refractivity contribution in [3.63, 3.8) is 0 Å². The van der Waals surface area contributed by atoms with E-state index in [0.717, 1.165) is 7.11 Å². The van der Waals surface area contributed by atoms with Crippen LogP contribution in [-0.2, 0) is 9.53 Å². The Bertz CT molecular complexity index is 756. The number of alkyl halides is 12. The third kappa shape index (κ3) is 5.01. The molecule has 0 aromatic heterocycles. The van der Waals surface area contributed by atoms with E-state index in [9.17, 15) is 57.5 Å². The maximum Gasteiger partial charge on any atom is 0.385 e. The first-order chi connectivity index (χ1) is 14.5. The molecule has 0 bridgehead atoms. The van der Waals surface area contributed by atoms with Crippen molar-refractivity contribution in [3.8, 4) is 0 Å². The minimum atomic E-state index is -7.60. The molecule has 15 heteroatoms. The molecule has 1 aliphatic rings. The highest BCUT2D eigenvalue weighted by atomic mass is 31.0. The fraction of sp³-hybridized carbons (Fsp3) is 0.833. The van der Waals surface area contributed by atoms with Crippen molar-refractivity contribution in [1.29, 1.82) is 0 Å². The average molecular weight is 528 g/mol. The van der Waals surface area contributed by atoms with Gasteiger partial charge in [-0.3, -0.25) is 4.79 Å². The molecule has 0 N–H and O–H groups in total. The van der Waals surface area contributed by atoms with Gasteiger partial charge in [0.05, 0.1) is 0 Å². The number of ketones is 1. The molecule has 0 spiro atoms. The van der Waals surface area contributed by atoms with Gasteiger partial charge in [0.25, 0.3) is 0 Å². The number of halogens is 12. The number of carbonyl (C=O) groups is 1. The highest BCUT2D eigenvalue weighted by Crippen LogP contribution is 2.62. The van der Waals surface area contributed by atoms with Gasteiger partial charge in [0, 0.05) is 25.6 Å². The molecule has 0 radical (unpaired) electrons. The zero-order valence-corrected chi connectivity index (χ0v) is 18.4. The minimum Gasteiger partial charge on any atom is -0.384 e. The van der Waals surface area contributed by atoms with Gasteiger partial charge in [0.15, 0.2) is 5.78 Å². The van der Waals surface area contributed by atoms with E-state index in [-0.39, 0.29) is 27.7 Å². The van der Waals surface area contributed by atoms with E-state index in [4.69, 9.17) is 0 Å². The van der Waals surface area contributed by atoms with Crippen LogP contribution >= 0.6 is 9.24 Å². The van der Waals surface area contributed by atoms with Gasteiger partial charge < -0.3 is 4.74 Å². The van der Waals surface area contributed by atoms with Crippen molar-refractivity contribution in [2.75, 3.05) is 13.7 Å². The molecule has 33 heavy (non-hydrogen) atoms. The van der Waals surface area contributed by atoms with E-state index in [0.29, 0.717) is 0 Å². The van der Waals surface area contributed by atoms with Crippen LogP contribution in [0.3, 0.4) is 0 Å². The normalized spacial score (nSPS) is 18.8. The Balaban J connectivity index is 3.32. The summed E-state index contributed by atoms with van der Waals surface area (Å²) in [6.07, 6.45) is -2.65. The lowest BCUT2D eigenvalue weighted by molar-refractivity contribution is -0.417. The highest BCUT2D eigenvalue weighted by molar-refractivity contribution is 7.18. The standard InChI is InChI=1S/C18H21F12O2P/c1-9(2)11(31)12(4-5-12)6-10(8-32-3)7-13(19,20)14(21,22)15(23,24)16(25,26)17(27,28)18(29,30)33/h10H,1,4-8,33H2,2-3H3. The van der Waals surface area contributed by atoms with Crippen LogP contribution in [0.1, 0.15) is 32.6 Å². The average Bonchev–Trinajstić information content (AvgIpc) is 3.39. The fourth-order valence-corrected chi connectivity index (χ4v) is 3.61. The summed E-state index contributed by atoms with van der Waals surface area (Å²) in [6, 6.07) is 0. The van der Waals surface area contributed by atoms with E-state index in [2.05, 4.69) is 11.3 Å². The summed E-state index contributed by atoms with van der Waals surface area (Å²) in [4.78, 5) is 12.2. The van der Waals surface area contributed by atoms with Crippen molar-refractivity contribution in [2.24, 2.45) is 11.3 Å². The number of hydrogen-bond acceptors (Lipinski definition) is 2. The predicted molar refractivity (Wildman–Crippen MR) is 95.5 cm³/mol. The third-order valence-electron chi connectivity index (χ3n) is 5.41. The molecule has 1 rings (SSSR count). The summed E-state index contributed by atoms with van der Waals surface area (Å²) in [5.74, 6) is -38.0. The Morgan fingerprint density at radius 2 is 1.33 bits per heavy atom. The zero-order valence-electron chi connectivity index (χ0n) is 17.2. The second-order valence-electron chi connectivity index (χ2n) is 8.24. The maximum absolute atomic E-state index is 14.3. The van der Waals surface area contributed by atoms with Gasteiger partial charge in [-0.15, -0.1) is 0 Å². The summed E-state index contributed by atoms with van der Waals surface area (Å²) < 4.78 is 168. The van der Waals surface area contributed by atoms with Gasteiger partial charge in [-0.1, -0.05) is 15.8 Å². The second kappa shape index (κ2) is 8.87. The Morgan fingerprint density at radius 3 is 1.67 bits per heavy atom. The van der Waals surface area contributed by atoms with Crippen LogP contribution in [-0.4, -0.2) is 54.8 Å². The SMILES string of the molecule is C=C(C)C(=O)C1(CC(COC)CC(F)(F)C(F)(F)C(F)(F)C(F)(F)C(F)(F)C(F)(F)P)CC1. The molecule has 0 aliphatic heterocycles. The van der Waals surface area contributed by atoms with Gasteiger partial charge >= 0.3 is 35.3 Å². The molecule has 1 fully saturated rings. The van der Waals surface area contributed by atoms with E-state index in [1.165, 1.54) is 6.92 Å². The molecule has 2 nitrogen and oxygen atoms in total. The largest absolute Gasteiger partial charge is 0.385 e. The van der Waals surface area contributed by atoms with Crippen LogP contribution < -0.4 is 0 Å². The maximum atomic E-state index is 14.3. The predicted octanol–water partition coefficient (Wildman–Crippen LogP) is 6.60. The lowest BCUT2D eigenvalue weighted by Gasteiger charge is -2.41. The first-order valence-corrected chi connectivity index (χ1v) is 9.78. The number of rotatable bonds is 13. The molecule has 2 atom stereocenters. The van der Waals surface area contributed by atoms with Crippen molar-refractivity contribution >= 4 is 15.0 Å². The van der Waals surface area contributed by atoms with Gasteiger partial charge in [-0.2, -0.15) is 52.7 Å². The van der Waals surface area contributed by atoms with Crippen LogP contribution in [0.5, 0.6) is 0 Å². The molecule has 1 aliphatic carbocycles. The van der Waals surface area contributed by atoms with Crippen LogP contribution in [0.25, 0.3) is 0 Å². The number of hydrogen-bond donors (Lipinski definition) is 0. The minimum absolute atomic E-state index is 0.00692. The molecule has 0 saturated heterocycles. The smallest absolute Gasteiger partial charge is 0.384 e. The van der Waals surface area contributed by atoms with E-state index >= 15 is 0 Å². The Morgan fingerprint density at radius 1 is 0.909 bits per heavy atom. The molecule has 0 aromatic rings. The number of ether oxygens (including phenoxy) is 1. The molecular weight excluding hydrogens is 507 g/mol. The van der Waals surface area contributed by atoms with E-state index in [1.54, 1.807) is 0 Å². The van der Waals surface area contributed by atoms with Crippen molar-refractivity contribution in [1.82, 2.24) is 0 Å². The molecule has 1 saturated carbocycles. The Kier molecular flexibility index (Phi) is 8.07. The third-order valence-corrected chi connectivity index (χ3v) is 5.77. The second-order valence-corrected chi connectivity index (χ2v) is 8.97. The summed E-state index contributed by atoms with van der Waals surface area (Å²) in [7, 11) is 0.689. The summed E-state index contributed by atoms with van der Waals surface area (Å²) >= 11 is 0. The van der Waals surface area contributed by atoms with Gasteiger partial charge in [0.2, 0.25) is 0 Å². The Hall–Kier alpha value is -1.04. The molecule has 0 aromatic carbocycles. The number of Topliss-reactive ketones (excluding diaryl/α,β-unsaturated/α-hetero) is 1. The van der Waals surface area contributed by atoms with Gasteiger partial charge in [0.1, 0.15) is 0 Å². The lowest BCUT2D eigenvalue weighted by Crippen LogP contribution is -2.70. The van der Waals surface area contributed by atoms with Crippen molar-refractivity contribution in [3.05, 3.63) is 12.2 Å². The molecule has 2 unspecified atom stereocenters. The van der Waals surface area contributed by atoms with Crippen LogP contribution in [0, 0.1) is 11.3 Å². The number of carbonyl (C=O) groups excluding carboxylic acids is 1. The summed E-state index contributed by atoms with van der Waals surface area (Å²) in [5, 5.41) is 0. The first-order valence-electron chi connectivity index (χ1n) is 9.20. The van der Waals surface area contributed by atoms with Crippen LogP contribution in [0.2, 0.25) is 0 Å². The first kappa shape index (κ1) is 30.0. The molecular formula is C18H21F12O2P. The summed E-state index contributed by atoms with van der Waals surface area (Å²) in [6.45, 7) is 3.84.